The van der Waals surface area contributed by atoms with Crippen LogP contribution in [0, 0.1) is 10.8 Å². The van der Waals surface area contributed by atoms with Gasteiger partial charge in [0.2, 0.25) is 0 Å². The molecule has 2 bridgehead atoms. The molecule has 3 aliphatic carbocycles. The van der Waals surface area contributed by atoms with E-state index in [4.69, 9.17) is 5.11 Å². The summed E-state index contributed by atoms with van der Waals surface area (Å²) in [6, 6.07) is 0. The lowest BCUT2D eigenvalue weighted by Gasteiger charge is -2.72. The highest BCUT2D eigenvalue weighted by atomic mass is 16.4. The Hall–Kier alpha value is -0.570. The van der Waals surface area contributed by atoms with Gasteiger partial charge in [-0.05, 0) is 33.1 Å². The largest absolute Gasteiger partial charge is 0.481 e. The maximum Gasteiger partial charge on any atom is 0.309 e. The molecule has 0 aromatic rings. The van der Waals surface area contributed by atoms with Gasteiger partial charge < -0.3 is 10.2 Å². The molecule has 0 radical (unpaired) electrons. The average molecular weight is 170 g/mol. The fourth-order valence-electron chi connectivity index (χ4n) is 2.66. The summed E-state index contributed by atoms with van der Waals surface area (Å²) in [6.07, 6.45) is 2.00. The molecule has 3 nitrogen and oxygen atoms in total. The summed E-state index contributed by atoms with van der Waals surface area (Å²) in [6.45, 7) is 3.55. The van der Waals surface area contributed by atoms with Crippen molar-refractivity contribution in [2.75, 3.05) is 0 Å². The van der Waals surface area contributed by atoms with Gasteiger partial charge in [0.15, 0.2) is 0 Å². The van der Waals surface area contributed by atoms with Crippen molar-refractivity contribution in [1.29, 1.82) is 0 Å². The van der Waals surface area contributed by atoms with Gasteiger partial charge in [0.05, 0.1) is 11.0 Å². The lowest BCUT2D eigenvalue weighted by molar-refractivity contribution is -0.282. The van der Waals surface area contributed by atoms with E-state index >= 15 is 0 Å². The van der Waals surface area contributed by atoms with E-state index < -0.39 is 17.0 Å². The van der Waals surface area contributed by atoms with Gasteiger partial charge in [0.25, 0.3) is 0 Å². The summed E-state index contributed by atoms with van der Waals surface area (Å²) < 4.78 is 0. The molecule has 12 heavy (non-hydrogen) atoms. The standard InChI is InChI=1S/C9H14O3/c1-7(2,12)9-3-8(4-9,5-9)6(10)11/h12H,3-5H2,1-2H3,(H,10,11). The molecule has 68 valence electrons. The van der Waals surface area contributed by atoms with Crippen LogP contribution in [-0.4, -0.2) is 21.8 Å². The van der Waals surface area contributed by atoms with Crippen LogP contribution in [0.2, 0.25) is 0 Å². The number of rotatable bonds is 2. The van der Waals surface area contributed by atoms with Crippen molar-refractivity contribution in [3.63, 3.8) is 0 Å². The van der Waals surface area contributed by atoms with E-state index in [0.29, 0.717) is 19.3 Å². The monoisotopic (exact) mass is 170 g/mol. The molecule has 3 rings (SSSR count). The fraction of sp³-hybridized carbons (Fsp3) is 0.889. The predicted octanol–water partition coefficient (Wildman–Crippen LogP) is 1.01. The van der Waals surface area contributed by atoms with Gasteiger partial charge in [0, 0.05) is 5.41 Å². The molecule has 3 aliphatic rings. The predicted molar refractivity (Wildman–Crippen MR) is 42.7 cm³/mol. The van der Waals surface area contributed by atoms with Gasteiger partial charge in [0.1, 0.15) is 0 Å². The second-order valence-corrected chi connectivity index (χ2v) is 4.96. The zero-order valence-electron chi connectivity index (χ0n) is 7.42. The van der Waals surface area contributed by atoms with Gasteiger partial charge in [-0.1, -0.05) is 0 Å². The minimum absolute atomic E-state index is 0.0780. The molecule has 3 saturated carbocycles. The molecule has 0 amide bonds. The summed E-state index contributed by atoms with van der Waals surface area (Å²) in [7, 11) is 0. The number of carboxylic acid groups (broad SMARTS) is 1. The van der Waals surface area contributed by atoms with E-state index in [2.05, 4.69) is 0 Å². The van der Waals surface area contributed by atoms with Gasteiger partial charge in [-0.15, -0.1) is 0 Å². The van der Waals surface area contributed by atoms with E-state index in [1.165, 1.54) is 0 Å². The Balaban J connectivity index is 2.09. The lowest BCUT2D eigenvalue weighted by atomic mass is 9.31. The van der Waals surface area contributed by atoms with Crippen LogP contribution >= 0.6 is 0 Å². The average Bonchev–Trinajstić information content (AvgIpc) is 1.46. The molecule has 3 heteroatoms. The van der Waals surface area contributed by atoms with E-state index in [0.717, 1.165) is 0 Å². The van der Waals surface area contributed by atoms with E-state index in [9.17, 15) is 9.90 Å². The fourth-order valence-corrected chi connectivity index (χ4v) is 2.66. The van der Waals surface area contributed by atoms with E-state index in [1.807, 2.05) is 0 Å². The molecule has 0 unspecified atom stereocenters. The minimum atomic E-state index is -0.704. The Morgan fingerprint density at radius 2 is 1.75 bits per heavy atom. The first-order valence-corrected chi connectivity index (χ1v) is 4.27. The van der Waals surface area contributed by atoms with Crippen LogP contribution in [0.25, 0.3) is 0 Å². The zero-order valence-corrected chi connectivity index (χ0v) is 7.42. The van der Waals surface area contributed by atoms with Crippen LogP contribution in [0.4, 0.5) is 0 Å². The molecule has 0 spiro atoms. The molecule has 0 aromatic carbocycles. The van der Waals surface area contributed by atoms with Crippen molar-refractivity contribution < 1.29 is 15.0 Å². The Labute approximate surface area is 71.4 Å². The summed E-state index contributed by atoms with van der Waals surface area (Å²) in [5.41, 5.74) is -1.24. The molecule has 0 aliphatic heterocycles. The van der Waals surface area contributed by atoms with Crippen molar-refractivity contribution in [3.05, 3.63) is 0 Å². The summed E-state index contributed by atoms with van der Waals surface area (Å²) in [4.78, 5) is 10.7. The van der Waals surface area contributed by atoms with Crippen LogP contribution in [0.5, 0.6) is 0 Å². The molecule has 0 saturated heterocycles. The number of aliphatic hydroxyl groups is 1. The summed E-state index contributed by atoms with van der Waals surface area (Å²) >= 11 is 0. The maximum atomic E-state index is 10.7. The highest BCUT2D eigenvalue weighted by molar-refractivity contribution is 5.79. The molecule has 2 N–H and O–H groups in total. The minimum Gasteiger partial charge on any atom is -0.481 e. The van der Waals surface area contributed by atoms with Crippen LogP contribution in [-0.2, 0) is 4.79 Å². The molecule has 0 aromatic heterocycles. The van der Waals surface area contributed by atoms with Crippen molar-refractivity contribution in [3.8, 4) is 0 Å². The second kappa shape index (κ2) is 1.69. The molecular weight excluding hydrogens is 156 g/mol. The Bertz CT molecular complexity index is 229. The third-order valence-electron chi connectivity index (χ3n) is 3.78. The molecular formula is C9H14O3. The number of hydrogen-bond donors (Lipinski definition) is 2. The van der Waals surface area contributed by atoms with Crippen LogP contribution in [0.15, 0.2) is 0 Å². The van der Waals surface area contributed by atoms with Crippen molar-refractivity contribution in [1.82, 2.24) is 0 Å². The quantitative estimate of drug-likeness (QED) is 0.650. The van der Waals surface area contributed by atoms with Crippen molar-refractivity contribution in [2.45, 2.75) is 38.7 Å². The molecule has 0 heterocycles. The van der Waals surface area contributed by atoms with Crippen LogP contribution < -0.4 is 0 Å². The zero-order chi connectivity index (χ0) is 9.20. The molecule has 0 atom stereocenters. The first-order valence-electron chi connectivity index (χ1n) is 4.27. The van der Waals surface area contributed by atoms with Crippen LogP contribution in [0.1, 0.15) is 33.1 Å². The number of hydrogen-bond acceptors (Lipinski definition) is 2. The Kier molecular flexibility index (Phi) is 1.13. The maximum absolute atomic E-state index is 10.7. The highest BCUT2D eigenvalue weighted by Crippen LogP contribution is 2.76. The van der Waals surface area contributed by atoms with Gasteiger partial charge in [-0.3, -0.25) is 4.79 Å². The first-order chi connectivity index (χ1) is 5.31. The first kappa shape index (κ1) is 8.05. The van der Waals surface area contributed by atoms with Crippen molar-refractivity contribution >= 4 is 5.97 Å². The number of carboxylic acids is 1. The third kappa shape index (κ3) is 0.637. The highest BCUT2D eigenvalue weighted by Gasteiger charge is 2.76. The Morgan fingerprint density at radius 3 is 2.00 bits per heavy atom. The number of aliphatic carboxylic acids is 1. The second-order valence-electron chi connectivity index (χ2n) is 4.96. The van der Waals surface area contributed by atoms with Gasteiger partial charge in [-0.2, -0.15) is 0 Å². The Morgan fingerprint density at radius 1 is 1.33 bits per heavy atom. The summed E-state index contributed by atoms with van der Waals surface area (Å²) in [5, 5.41) is 18.6. The van der Waals surface area contributed by atoms with Crippen molar-refractivity contribution in [2.24, 2.45) is 10.8 Å². The SMILES string of the molecule is CC(C)(O)C12CC(C(=O)O)(C1)C2. The summed E-state index contributed by atoms with van der Waals surface area (Å²) in [5.74, 6) is -0.686. The lowest BCUT2D eigenvalue weighted by Crippen LogP contribution is -2.72. The normalized spacial score (nSPS) is 44.6. The topological polar surface area (TPSA) is 57.5 Å². The van der Waals surface area contributed by atoms with Gasteiger partial charge in [-0.25, -0.2) is 0 Å². The van der Waals surface area contributed by atoms with Crippen LogP contribution in [0.3, 0.4) is 0 Å². The number of carbonyl (C=O) groups is 1. The van der Waals surface area contributed by atoms with E-state index in [-0.39, 0.29) is 5.41 Å². The smallest absolute Gasteiger partial charge is 0.309 e. The van der Waals surface area contributed by atoms with Gasteiger partial charge >= 0.3 is 5.97 Å². The molecule has 3 fully saturated rings. The third-order valence-corrected chi connectivity index (χ3v) is 3.78. The van der Waals surface area contributed by atoms with E-state index in [1.54, 1.807) is 13.8 Å².